The van der Waals surface area contributed by atoms with Crippen LogP contribution in [0.1, 0.15) is 29.8 Å². The van der Waals surface area contributed by atoms with Gasteiger partial charge in [0.1, 0.15) is 5.69 Å². The van der Waals surface area contributed by atoms with Crippen LogP contribution in [0, 0.1) is 0 Å². The minimum atomic E-state index is -0.0986. The van der Waals surface area contributed by atoms with Gasteiger partial charge in [-0.15, -0.1) is 0 Å². The largest absolute Gasteiger partial charge is 0.388 e. The summed E-state index contributed by atoms with van der Waals surface area (Å²) < 4.78 is 0. The zero-order chi connectivity index (χ0) is 13.5. The van der Waals surface area contributed by atoms with Crippen molar-refractivity contribution in [1.82, 2.24) is 15.2 Å². The molecule has 2 rings (SSSR count). The molecule has 19 heavy (non-hydrogen) atoms. The van der Waals surface area contributed by atoms with Crippen LogP contribution in [0.3, 0.4) is 0 Å². The van der Waals surface area contributed by atoms with Gasteiger partial charge in [-0.1, -0.05) is 0 Å². The molecule has 0 atom stereocenters. The second-order valence-corrected chi connectivity index (χ2v) is 4.84. The zero-order valence-corrected chi connectivity index (χ0v) is 11.5. The van der Waals surface area contributed by atoms with E-state index in [-0.39, 0.29) is 5.91 Å². The topological polar surface area (TPSA) is 57.3 Å². The van der Waals surface area contributed by atoms with Crippen LogP contribution in [-0.4, -0.2) is 49.0 Å². The number of hydrogen-bond acceptors (Lipinski definition) is 4. The van der Waals surface area contributed by atoms with Crippen molar-refractivity contribution >= 4 is 11.6 Å². The highest BCUT2D eigenvalue weighted by atomic mass is 16.1. The Kier molecular flexibility index (Phi) is 5.15. The van der Waals surface area contributed by atoms with Crippen molar-refractivity contribution in [2.24, 2.45) is 0 Å². The fourth-order valence-corrected chi connectivity index (χ4v) is 2.31. The summed E-state index contributed by atoms with van der Waals surface area (Å²) in [6.45, 7) is 4.20. The summed E-state index contributed by atoms with van der Waals surface area (Å²) in [5.74, 6) is -0.0986. The van der Waals surface area contributed by atoms with Crippen LogP contribution in [0.5, 0.6) is 0 Å². The molecular formula is C14H22N4O. The molecule has 0 saturated carbocycles. The number of nitrogens with one attached hydrogen (secondary N) is 2. The number of rotatable bonds is 6. The standard InChI is InChI=1S/C14H22N4O/c1-15-12-5-7-16-13(11-12)14(19)17-6-4-10-18-8-2-3-9-18/h5,7,11H,2-4,6,8-10H2,1H3,(H,15,16)(H,17,19). The lowest BCUT2D eigenvalue weighted by atomic mass is 10.3. The molecule has 5 nitrogen and oxygen atoms in total. The van der Waals surface area contributed by atoms with Crippen molar-refractivity contribution in [2.75, 3.05) is 38.5 Å². The quantitative estimate of drug-likeness (QED) is 0.760. The Morgan fingerprint density at radius 1 is 1.42 bits per heavy atom. The average molecular weight is 262 g/mol. The van der Waals surface area contributed by atoms with E-state index in [9.17, 15) is 4.79 Å². The lowest BCUT2D eigenvalue weighted by Crippen LogP contribution is -2.29. The number of pyridine rings is 1. The molecule has 1 aromatic rings. The third kappa shape index (κ3) is 4.21. The van der Waals surface area contributed by atoms with Crippen LogP contribution in [0.15, 0.2) is 18.3 Å². The van der Waals surface area contributed by atoms with E-state index in [1.807, 2.05) is 13.1 Å². The summed E-state index contributed by atoms with van der Waals surface area (Å²) in [6, 6.07) is 3.60. The van der Waals surface area contributed by atoms with E-state index in [0.29, 0.717) is 12.2 Å². The maximum atomic E-state index is 11.9. The third-order valence-corrected chi connectivity index (χ3v) is 3.42. The minimum absolute atomic E-state index is 0.0986. The van der Waals surface area contributed by atoms with Crippen LogP contribution in [0.2, 0.25) is 0 Å². The van der Waals surface area contributed by atoms with Gasteiger partial charge < -0.3 is 15.5 Å². The SMILES string of the molecule is CNc1ccnc(C(=O)NCCCN2CCCC2)c1. The molecule has 1 saturated heterocycles. The number of aromatic nitrogens is 1. The van der Waals surface area contributed by atoms with Crippen LogP contribution < -0.4 is 10.6 Å². The van der Waals surface area contributed by atoms with E-state index < -0.39 is 0 Å². The summed E-state index contributed by atoms with van der Waals surface area (Å²) in [5.41, 5.74) is 1.37. The van der Waals surface area contributed by atoms with Crippen molar-refractivity contribution in [3.05, 3.63) is 24.0 Å². The molecule has 1 fully saturated rings. The van der Waals surface area contributed by atoms with Gasteiger partial charge >= 0.3 is 0 Å². The highest BCUT2D eigenvalue weighted by Crippen LogP contribution is 2.08. The first-order valence-electron chi connectivity index (χ1n) is 6.94. The monoisotopic (exact) mass is 262 g/mol. The van der Waals surface area contributed by atoms with Crippen molar-refractivity contribution in [1.29, 1.82) is 0 Å². The Morgan fingerprint density at radius 2 is 2.21 bits per heavy atom. The molecule has 1 aliphatic heterocycles. The molecule has 1 aliphatic rings. The average Bonchev–Trinajstić information content (AvgIpc) is 2.96. The number of anilines is 1. The molecule has 1 amide bonds. The molecule has 1 aromatic heterocycles. The number of hydrogen-bond donors (Lipinski definition) is 2. The predicted molar refractivity (Wildman–Crippen MR) is 76.4 cm³/mol. The Bertz CT molecular complexity index is 416. The third-order valence-electron chi connectivity index (χ3n) is 3.42. The van der Waals surface area contributed by atoms with E-state index in [1.54, 1.807) is 12.3 Å². The van der Waals surface area contributed by atoms with Gasteiger partial charge in [0.2, 0.25) is 0 Å². The van der Waals surface area contributed by atoms with E-state index >= 15 is 0 Å². The minimum Gasteiger partial charge on any atom is -0.388 e. The molecule has 0 bridgehead atoms. The number of carbonyl (C=O) groups excluding carboxylic acids is 1. The van der Waals surface area contributed by atoms with E-state index in [1.165, 1.54) is 25.9 Å². The number of likely N-dealkylation sites (tertiary alicyclic amines) is 1. The van der Waals surface area contributed by atoms with E-state index in [2.05, 4.69) is 20.5 Å². The summed E-state index contributed by atoms with van der Waals surface area (Å²) in [5, 5.41) is 5.92. The van der Waals surface area contributed by atoms with Crippen LogP contribution in [0.4, 0.5) is 5.69 Å². The van der Waals surface area contributed by atoms with Crippen molar-refractivity contribution < 1.29 is 4.79 Å². The zero-order valence-electron chi connectivity index (χ0n) is 11.5. The highest BCUT2D eigenvalue weighted by Gasteiger charge is 2.11. The fraction of sp³-hybridized carbons (Fsp3) is 0.571. The second-order valence-electron chi connectivity index (χ2n) is 4.84. The van der Waals surface area contributed by atoms with Gasteiger partial charge in [0.15, 0.2) is 0 Å². The van der Waals surface area contributed by atoms with Gasteiger partial charge in [-0.2, -0.15) is 0 Å². The number of nitrogens with zero attached hydrogens (tertiary/aromatic N) is 2. The van der Waals surface area contributed by atoms with E-state index in [0.717, 1.165) is 18.7 Å². The van der Waals surface area contributed by atoms with Crippen molar-refractivity contribution in [3.8, 4) is 0 Å². The van der Waals surface area contributed by atoms with Gasteiger partial charge in [0.05, 0.1) is 0 Å². The van der Waals surface area contributed by atoms with Gasteiger partial charge in [-0.3, -0.25) is 9.78 Å². The molecule has 2 N–H and O–H groups in total. The normalized spacial score (nSPS) is 15.4. The Balaban J connectivity index is 1.71. The number of amides is 1. The van der Waals surface area contributed by atoms with Gasteiger partial charge in [0, 0.05) is 25.5 Å². The molecule has 0 spiro atoms. The molecule has 2 heterocycles. The second kappa shape index (κ2) is 7.09. The predicted octanol–water partition coefficient (Wildman–Crippen LogP) is 1.34. The molecule has 0 unspecified atom stereocenters. The first-order valence-corrected chi connectivity index (χ1v) is 6.94. The number of carbonyl (C=O) groups is 1. The van der Waals surface area contributed by atoms with Crippen LogP contribution in [-0.2, 0) is 0 Å². The van der Waals surface area contributed by atoms with Gasteiger partial charge in [0.25, 0.3) is 5.91 Å². The molecule has 0 aliphatic carbocycles. The molecule has 0 aromatic carbocycles. The summed E-state index contributed by atoms with van der Waals surface area (Å²) in [7, 11) is 1.83. The summed E-state index contributed by atoms with van der Waals surface area (Å²) in [6.07, 6.45) is 5.27. The first kappa shape index (κ1) is 13.8. The molecule has 104 valence electrons. The Hall–Kier alpha value is -1.62. The van der Waals surface area contributed by atoms with Gasteiger partial charge in [-0.25, -0.2) is 0 Å². The fourth-order valence-electron chi connectivity index (χ4n) is 2.31. The Labute approximate surface area is 114 Å². The molecular weight excluding hydrogens is 240 g/mol. The maximum Gasteiger partial charge on any atom is 0.269 e. The molecule has 0 radical (unpaired) electrons. The lowest BCUT2D eigenvalue weighted by Gasteiger charge is -2.14. The van der Waals surface area contributed by atoms with Crippen LogP contribution in [0.25, 0.3) is 0 Å². The summed E-state index contributed by atoms with van der Waals surface area (Å²) >= 11 is 0. The summed E-state index contributed by atoms with van der Waals surface area (Å²) in [4.78, 5) is 18.4. The van der Waals surface area contributed by atoms with Crippen molar-refractivity contribution in [2.45, 2.75) is 19.3 Å². The van der Waals surface area contributed by atoms with Crippen LogP contribution >= 0.6 is 0 Å². The molecule has 5 heteroatoms. The maximum absolute atomic E-state index is 11.9. The first-order chi connectivity index (χ1) is 9.29. The smallest absolute Gasteiger partial charge is 0.269 e. The lowest BCUT2D eigenvalue weighted by molar-refractivity contribution is 0.0947. The highest BCUT2D eigenvalue weighted by molar-refractivity contribution is 5.93. The van der Waals surface area contributed by atoms with E-state index in [4.69, 9.17) is 0 Å². The Morgan fingerprint density at radius 3 is 2.95 bits per heavy atom. The van der Waals surface area contributed by atoms with Crippen molar-refractivity contribution in [3.63, 3.8) is 0 Å². The van der Waals surface area contributed by atoms with Gasteiger partial charge in [-0.05, 0) is 51.0 Å².